The third kappa shape index (κ3) is 4.01. The first kappa shape index (κ1) is 23.6. The number of anilines is 1. The van der Waals surface area contributed by atoms with Gasteiger partial charge in [-0.2, -0.15) is 12.6 Å². The molecule has 0 spiro atoms. The van der Waals surface area contributed by atoms with E-state index in [1.54, 1.807) is 34.6 Å². The van der Waals surface area contributed by atoms with Crippen molar-refractivity contribution in [3.63, 3.8) is 0 Å². The molecule has 1 heterocycles. The molecular weight excluding hydrogens is 480 g/mol. The summed E-state index contributed by atoms with van der Waals surface area (Å²) in [6.07, 6.45) is 0. The van der Waals surface area contributed by atoms with Gasteiger partial charge in [-0.3, -0.25) is 9.10 Å². The van der Waals surface area contributed by atoms with Crippen molar-refractivity contribution in [2.75, 3.05) is 11.4 Å². The van der Waals surface area contributed by atoms with Gasteiger partial charge >= 0.3 is 0 Å². The Morgan fingerprint density at radius 2 is 1.91 bits per heavy atom. The lowest BCUT2D eigenvalue weighted by atomic mass is 9.75. The lowest BCUT2D eigenvalue weighted by molar-refractivity contribution is -0.120. The number of fused-ring (bicyclic) bond motifs is 1. The summed E-state index contributed by atoms with van der Waals surface area (Å²) in [5.74, 6) is -0.351. The molecule has 0 aromatic heterocycles. The maximum Gasteiger partial charge on any atom is 0.242 e. The van der Waals surface area contributed by atoms with Crippen molar-refractivity contribution in [2.45, 2.75) is 28.7 Å². The highest BCUT2D eigenvalue weighted by Crippen LogP contribution is 2.52. The number of nitrogens with zero attached hydrogens (tertiary/aromatic N) is 1. The van der Waals surface area contributed by atoms with Crippen LogP contribution in [0.3, 0.4) is 0 Å². The van der Waals surface area contributed by atoms with Crippen LogP contribution < -0.4 is 14.8 Å². The molecule has 4 rings (SSSR count). The molecule has 4 N–H and O–H groups in total. The summed E-state index contributed by atoms with van der Waals surface area (Å²) in [5.41, 5.74) is 6.76. The van der Waals surface area contributed by atoms with Crippen molar-refractivity contribution >= 4 is 47.8 Å². The highest BCUT2D eigenvalue weighted by Gasteiger charge is 2.53. The number of halogens is 1. The molecule has 0 saturated heterocycles. The third-order valence-electron chi connectivity index (χ3n) is 5.79. The van der Waals surface area contributed by atoms with Crippen molar-refractivity contribution in [3.8, 4) is 11.5 Å². The van der Waals surface area contributed by atoms with Gasteiger partial charge in [0.05, 0.1) is 18.0 Å². The van der Waals surface area contributed by atoms with Gasteiger partial charge in [-0.05, 0) is 66.4 Å². The second-order valence-corrected chi connectivity index (χ2v) is 9.83. The van der Waals surface area contributed by atoms with Gasteiger partial charge in [-0.15, -0.1) is 0 Å². The van der Waals surface area contributed by atoms with Crippen molar-refractivity contribution < 1.29 is 19.7 Å². The molecule has 1 amide bonds. The fourth-order valence-corrected chi connectivity index (χ4v) is 6.13. The molecule has 3 unspecified atom stereocenters. The van der Waals surface area contributed by atoms with E-state index in [9.17, 15) is 15.0 Å². The number of aliphatic hydroxyl groups is 1. The van der Waals surface area contributed by atoms with Crippen molar-refractivity contribution in [1.29, 1.82) is 0 Å². The van der Waals surface area contributed by atoms with Crippen molar-refractivity contribution in [3.05, 3.63) is 82.4 Å². The average Bonchev–Trinajstić information content (AvgIpc) is 2.77. The number of ether oxygens (including phenoxy) is 1. The van der Waals surface area contributed by atoms with Crippen molar-refractivity contribution in [2.24, 2.45) is 5.73 Å². The minimum absolute atomic E-state index is 0.0368. The van der Waals surface area contributed by atoms with Gasteiger partial charge in [0.1, 0.15) is 11.6 Å². The zero-order valence-electron chi connectivity index (χ0n) is 17.9. The number of aryl methyl sites for hydroxylation is 1. The van der Waals surface area contributed by atoms with Gasteiger partial charge in [0.15, 0.2) is 11.5 Å². The van der Waals surface area contributed by atoms with Crippen LogP contribution in [0, 0.1) is 6.92 Å². The second-order valence-electron chi connectivity index (χ2n) is 7.79. The molecule has 6 nitrogen and oxygen atoms in total. The van der Waals surface area contributed by atoms with E-state index in [4.69, 9.17) is 34.7 Å². The quantitative estimate of drug-likeness (QED) is 0.307. The van der Waals surface area contributed by atoms with E-state index >= 15 is 0 Å². The monoisotopic (exact) mass is 502 g/mol. The molecule has 9 heteroatoms. The minimum Gasteiger partial charge on any atom is -0.504 e. The summed E-state index contributed by atoms with van der Waals surface area (Å²) >= 11 is 12.3. The zero-order chi connectivity index (χ0) is 23.9. The van der Waals surface area contributed by atoms with Gasteiger partial charge in [0.25, 0.3) is 0 Å². The van der Waals surface area contributed by atoms with E-state index in [2.05, 4.69) is 0 Å². The maximum atomic E-state index is 12.7. The minimum atomic E-state index is -1.63. The van der Waals surface area contributed by atoms with Crippen LogP contribution in [0.4, 0.5) is 5.69 Å². The van der Waals surface area contributed by atoms with Crippen LogP contribution >= 0.6 is 36.2 Å². The van der Waals surface area contributed by atoms with Crippen LogP contribution in [-0.4, -0.2) is 34.5 Å². The predicted octanol–water partition coefficient (Wildman–Crippen LogP) is 4.28. The number of phenolic OH excluding ortho intramolecular Hbond substituents is 1. The average molecular weight is 503 g/mol. The number of benzene rings is 3. The molecule has 0 aliphatic carbocycles. The molecule has 0 saturated carbocycles. The number of hydrogen-bond donors (Lipinski definition) is 4. The molecule has 1 aliphatic heterocycles. The van der Waals surface area contributed by atoms with Crippen LogP contribution in [0.25, 0.3) is 0 Å². The van der Waals surface area contributed by atoms with Gasteiger partial charge < -0.3 is 20.7 Å². The van der Waals surface area contributed by atoms with E-state index in [1.807, 2.05) is 31.2 Å². The van der Waals surface area contributed by atoms with E-state index < -0.39 is 22.8 Å². The molecule has 3 atom stereocenters. The third-order valence-corrected chi connectivity index (χ3v) is 7.76. The lowest BCUT2D eigenvalue weighted by Gasteiger charge is -2.48. The Balaban J connectivity index is 1.92. The predicted molar refractivity (Wildman–Crippen MR) is 134 cm³/mol. The number of carbonyl (C=O) groups excluding carboxylic acids is 1. The largest absolute Gasteiger partial charge is 0.504 e. The Morgan fingerprint density at radius 3 is 2.55 bits per heavy atom. The molecular formula is C24H23ClN2O4S2. The molecule has 3 aromatic rings. The molecule has 172 valence electrons. The number of rotatable bonds is 5. The number of hydrogen-bond acceptors (Lipinski definition) is 7. The highest BCUT2D eigenvalue weighted by molar-refractivity contribution is 8.00. The smallest absolute Gasteiger partial charge is 0.242 e. The van der Waals surface area contributed by atoms with Gasteiger partial charge in [0.2, 0.25) is 5.91 Å². The number of nitrogens with two attached hydrogens (primary N) is 1. The van der Waals surface area contributed by atoms with E-state index in [1.165, 1.54) is 25.1 Å². The first-order valence-electron chi connectivity index (χ1n) is 10.1. The summed E-state index contributed by atoms with van der Waals surface area (Å²) in [7, 11) is 1.47. The molecule has 3 aromatic carbocycles. The van der Waals surface area contributed by atoms with Crippen LogP contribution in [0.5, 0.6) is 11.5 Å². The molecule has 0 radical (unpaired) electrons. The number of aromatic hydroxyl groups is 1. The van der Waals surface area contributed by atoms with E-state index in [0.29, 0.717) is 32.5 Å². The SMILES string of the molecule is COc1ccc(SN2c3ccc(Cl)cc3C(O)(c3ccccc3C)C(S)C2C(N)=O)cc1O. The maximum absolute atomic E-state index is 12.7. The second kappa shape index (κ2) is 9.02. The topological polar surface area (TPSA) is 96.0 Å². The number of carbonyl (C=O) groups is 1. The van der Waals surface area contributed by atoms with E-state index in [0.717, 1.165) is 5.56 Å². The summed E-state index contributed by atoms with van der Waals surface area (Å²) < 4.78 is 6.82. The fourth-order valence-electron chi connectivity index (χ4n) is 4.19. The molecule has 0 fully saturated rings. The fraction of sp³-hybridized carbons (Fsp3) is 0.208. The molecule has 33 heavy (non-hydrogen) atoms. The summed E-state index contributed by atoms with van der Waals surface area (Å²) in [4.78, 5) is 13.4. The molecule has 1 aliphatic rings. The number of phenols is 1. The Kier molecular flexibility index (Phi) is 6.46. The number of amides is 1. The Morgan fingerprint density at radius 1 is 1.18 bits per heavy atom. The van der Waals surface area contributed by atoms with Gasteiger partial charge in [-0.25, -0.2) is 0 Å². The lowest BCUT2D eigenvalue weighted by Crippen LogP contribution is -2.59. The van der Waals surface area contributed by atoms with E-state index in [-0.39, 0.29) is 5.75 Å². The van der Waals surface area contributed by atoms with Crippen LogP contribution in [0.15, 0.2) is 65.6 Å². The highest BCUT2D eigenvalue weighted by atomic mass is 35.5. The standard InChI is InChI=1S/C24H23ClN2O4S2/c1-13-5-3-4-6-16(13)24(30)17-11-14(25)7-9-18(17)27(21(22(24)32)23(26)29)33-15-8-10-20(31-2)19(28)12-15/h3-12,21-22,28,30,32H,1-2H3,(H2,26,29). The Bertz CT molecular complexity index is 1220. The normalized spacial score (nSPS) is 22.0. The van der Waals surface area contributed by atoms with Crippen LogP contribution in [0.2, 0.25) is 5.02 Å². The number of thiol groups is 1. The van der Waals surface area contributed by atoms with Crippen LogP contribution in [0.1, 0.15) is 16.7 Å². The van der Waals surface area contributed by atoms with Crippen molar-refractivity contribution in [1.82, 2.24) is 0 Å². The summed E-state index contributed by atoms with van der Waals surface area (Å²) in [5, 5.41) is 21.9. The molecule has 0 bridgehead atoms. The Hall–Kier alpha value is -2.52. The van der Waals surface area contributed by atoms with Gasteiger partial charge in [0, 0.05) is 15.5 Å². The zero-order valence-corrected chi connectivity index (χ0v) is 20.4. The first-order valence-corrected chi connectivity index (χ1v) is 11.7. The van der Waals surface area contributed by atoms with Gasteiger partial charge in [-0.1, -0.05) is 35.9 Å². The Labute approximate surface area is 206 Å². The number of methoxy groups -OCH3 is 1. The summed E-state index contributed by atoms with van der Waals surface area (Å²) in [6, 6.07) is 16.5. The number of primary amides is 1. The summed E-state index contributed by atoms with van der Waals surface area (Å²) in [6.45, 7) is 1.89. The first-order chi connectivity index (χ1) is 15.7. The van der Waals surface area contributed by atoms with Crippen LogP contribution in [-0.2, 0) is 10.4 Å².